The molecule has 0 bridgehead atoms. The number of ether oxygens (including phenoxy) is 1. The van der Waals surface area contributed by atoms with Crippen molar-refractivity contribution in [2.75, 3.05) is 39.5 Å². The van der Waals surface area contributed by atoms with Crippen LogP contribution in [0.15, 0.2) is 42.6 Å². The Morgan fingerprint density at radius 2 is 1.84 bits per heavy atom. The molecule has 2 aromatic rings. The summed E-state index contributed by atoms with van der Waals surface area (Å²) in [4.78, 5) is 46.8. The van der Waals surface area contributed by atoms with Crippen LogP contribution >= 0.6 is 0 Å². The fourth-order valence-corrected chi connectivity index (χ4v) is 4.30. The van der Waals surface area contributed by atoms with E-state index in [9.17, 15) is 14.4 Å². The topological polar surface area (TPSA) is 130 Å². The molecule has 1 saturated heterocycles. The van der Waals surface area contributed by atoms with E-state index in [1.165, 1.54) is 4.90 Å². The highest BCUT2D eigenvalue weighted by molar-refractivity contribution is 5.92. The van der Waals surface area contributed by atoms with Crippen LogP contribution in [0.1, 0.15) is 37.3 Å². The molecule has 10 nitrogen and oxygen atoms in total. The molecule has 1 fully saturated rings. The molecule has 0 spiro atoms. The second-order valence-electron chi connectivity index (χ2n) is 9.37. The standard InChI is InChI=1S/C27H38N6O4/c1-19-26(35)30-14-6-16-33(18-21-7-4-13-29-25(21)28)15-5-8-24(34)31-23(27(36)32(19)2)17-20-9-11-22(37-3)12-10-20/h4,7,9-13,19,23H,5-6,8,14-18H2,1-3H3,(H2,28,29)(H,30,35)(H,31,34)/t19-,23-/m0/s1. The van der Waals surface area contributed by atoms with Crippen LogP contribution in [0.25, 0.3) is 0 Å². The van der Waals surface area contributed by atoms with Gasteiger partial charge in [0.25, 0.3) is 0 Å². The first kappa shape index (κ1) is 27.9. The number of amides is 3. The highest BCUT2D eigenvalue weighted by Gasteiger charge is 2.30. The van der Waals surface area contributed by atoms with Gasteiger partial charge in [-0.3, -0.25) is 19.3 Å². The highest BCUT2D eigenvalue weighted by Crippen LogP contribution is 2.15. The van der Waals surface area contributed by atoms with Crippen molar-refractivity contribution in [2.45, 2.75) is 51.2 Å². The van der Waals surface area contributed by atoms with Crippen molar-refractivity contribution in [1.82, 2.24) is 25.4 Å². The second-order valence-corrected chi connectivity index (χ2v) is 9.37. The zero-order valence-electron chi connectivity index (χ0n) is 21.9. The first-order valence-electron chi connectivity index (χ1n) is 12.7. The molecule has 0 unspecified atom stereocenters. The van der Waals surface area contributed by atoms with Crippen LogP contribution in [-0.2, 0) is 27.3 Å². The fraction of sp³-hybridized carbons (Fsp3) is 0.481. The van der Waals surface area contributed by atoms with Gasteiger partial charge in [0.05, 0.1) is 7.11 Å². The molecule has 200 valence electrons. The molecular formula is C27H38N6O4. The number of aromatic nitrogens is 1. The molecule has 10 heteroatoms. The van der Waals surface area contributed by atoms with Gasteiger partial charge in [0, 0.05) is 51.3 Å². The third-order valence-corrected chi connectivity index (χ3v) is 6.69. The van der Waals surface area contributed by atoms with Crippen molar-refractivity contribution in [3.63, 3.8) is 0 Å². The molecular weight excluding hydrogens is 472 g/mol. The van der Waals surface area contributed by atoms with Gasteiger partial charge in [-0.25, -0.2) is 4.98 Å². The number of nitrogen functional groups attached to an aromatic ring is 1. The molecule has 4 N–H and O–H groups in total. The Labute approximate surface area is 218 Å². The van der Waals surface area contributed by atoms with Gasteiger partial charge >= 0.3 is 0 Å². The molecule has 37 heavy (non-hydrogen) atoms. The average molecular weight is 511 g/mol. The number of nitrogens with one attached hydrogen (secondary N) is 2. The van der Waals surface area contributed by atoms with Crippen LogP contribution in [-0.4, -0.2) is 78.4 Å². The average Bonchev–Trinajstić information content (AvgIpc) is 2.90. The van der Waals surface area contributed by atoms with E-state index in [0.717, 1.165) is 24.1 Å². The van der Waals surface area contributed by atoms with E-state index in [1.54, 1.807) is 27.3 Å². The third kappa shape index (κ3) is 8.18. The maximum atomic E-state index is 13.4. The van der Waals surface area contributed by atoms with Crippen LogP contribution < -0.4 is 21.1 Å². The highest BCUT2D eigenvalue weighted by atomic mass is 16.5. The van der Waals surface area contributed by atoms with Crippen LogP contribution in [0.2, 0.25) is 0 Å². The Balaban J connectivity index is 1.75. The number of carbonyl (C=O) groups is 3. The molecule has 3 amide bonds. The first-order chi connectivity index (χ1) is 17.8. The minimum absolute atomic E-state index is 0.201. The number of nitrogens with two attached hydrogens (primary N) is 1. The van der Waals surface area contributed by atoms with Crippen LogP contribution in [0, 0.1) is 0 Å². The van der Waals surface area contributed by atoms with Crippen molar-refractivity contribution in [2.24, 2.45) is 0 Å². The van der Waals surface area contributed by atoms with Crippen LogP contribution in [0.4, 0.5) is 5.82 Å². The first-order valence-corrected chi connectivity index (χ1v) is 12.7. The number of likely N-dealkylation sites (N-methyl/N-ethyl adjacent to an activating group) is 1. The Bertz CT molecular complexity index is 1060. The summed E-state index contributed by atoms with van der Waals surface area (Å²) in [6.07, 6.45) is 3.59. The molecule has 1 aliphatic rings. The summed E-state index contributed by atoms with van der Waals surface area (Å²) in [5.74, 6) is 0.453. The maximum absolute atomic E-state index is 13.4. The second kappa shape index (κ2) is 13.6. The molecule has 0 saturated carbocycles. The van der Waals surface area contributed by atoms with E-state index in [2.05, 4.69) is 20.5 Å². The summed E-state index contributed by atoms with van der Waals surface area (Å²) < 4.78 is 5.21. The molecule has 0 aliphatic carbocycles. The zero-order chi connectivity index (χ0) is 26.8. The number of benzene rings is 1. The lowest BCUT2D eigenvalue weighted by Crippen LogP contribution is -2.54. The predicted octanol–water partition coefficient (Wildman–Crippen LogP) is 1.35. The lowest BCUT2D eigenvalue weighted by atomic mass is 10.0. The minimum atomic E-state index is -0.794. The van der Waals surface area contributed by atoms with Crippen molar-refractivity contribution in [3.05, 3.63) is 53.7 Å². The lowest BCUT2D eigenvalue weighted by Gasteiger charge is -2.29. The number of rotatable bonds is 5. The van der Waals surface area contributed by atoms with Gasteiger partial charge in [0.15, 0.2) is 0 Å². The molecule has 0 radical (unpaired) electrons. The Kier molecular flexibility index (Phi) is 10.3. The molecule has 3 rings (SSSR count). The largest absolute Gasteiger partial charge is 0.497 e. The number of nitrogens with zero attached hydrogens (tertiary/aromatic N) is 3. The van der Waals surface area contributed by atoms with E-state index < -0.39 is 12.1 Å². The number of anilines is 1. The fourth-order valence-electron chi connectivity index (χ4n) is 4.30. The van der Waals surface area contributed by atoms with Gasteiger partial charge in [0.2, 0.25) is 17.7 Å². The summed E-state index contributed by atoms with van der Waals surface area (Å²) in [6.45, 7) is 4.17. The summed E-state index contributed by atoms with van der Waals surface area (Å²) in [6, 6.07) is 9.69. The van der Waals surface area contributed by atoms with E-state index >= 15 is 0 Å². The SMILES string of the molecule is COc1ccc(C[C@@H]2NC(=O)CCCN(Cc3cccnc3N)CCCNC(=O)[C@H](C)N(C)C2=O)cc1. The summed E-state index contributed by atoms with van der Waals surface area (Å²) in [5, 5.41) is 5.85. The number of methoxy groups -OCH3 is 1. The van der Waals surface area contributed by atoms with Crippen molar-refractivity contribution in [1.29, 1.82) is 0 Å². The van der Waals surface area contributed by atoms with Crippen molar-refractivity contribution < 1.29 is 19.1 Å². The molecule has 2 atom stereocenters. The smallest absolute Gasteiger partial charge is 0.245 e. The number of pyridine rings is 1. The van der Waals surface area contributed by atoms with Crippen LogP contribution in [0.5, 0.6) is 5.75 Å². The van der Waals surface area contributed by atoms with E-state index in [-0.39, 0.29) is 24.1 Å². The summed E-state index contributed by atoms with van der Waals surface area (Å²) in [5.41, 5.74) is 7.84. The zero-order valence-corrected chi connectivity index (χ0v) is 21.9. The normalized spacial score (nSPS) is 20.9. The molecule has 2 heterocycles. The van der Waals surface area contributed by atoms with E-state index in [0.29, 0.717) is 44.0 Å². The molecule has 1 aliphatic heterocycles. The van der Waals surface area contributed by atoms with Gasteiger partial charge in [-0.2, -0.15) is 0 Å². The number of hydrogen-bond donors (Lipinski definition) is 3. The van der Waals surface area contributed by atoms with Gasteiger partial charge in [0.1, 0.15) is 23.7 Å². The number of hydrogen-bond acceptors (Lipinski definition) is 7. The van der Waals surface area contributed by atoms with Crippen molar-refractivity contribution >= 4 is 23.5 Å². The quantitative estimate of drug-likeness (QED) is 0.554. The minimum Gasteiger partial charge on any atom is -0.497 e. The van der Waals surface area contributed by atoms with Gasteiger partial charge < -0.3 is 26.0 Å². The maximum Gasteiger partial charge on any atom is 0.245 e. The van der Waals surface area contributed by atoms with Crippen molar-refractivity contribution in [3.8, 4) is 5.75 Å². The van der Waals surface area contributed by atoms with Gasteiger partial charge in [-0.1, -0.05) is 18.2 Å². The monoisotopic (exact) mass is 510 g/mol. The van der Waals surface area contributed by atoms with Crippen LogP contribution in [0.3, 0.4) is 0 Å². The summed E-state index contributed by atoms with van der Waals surface area (Å²) in [7, 11) is 3.19. The summed E-state index contributed by atoms with van der Waals surface area (Å²) >= 11 is 0. The molecule has 1 aromatic heterocycles. The third-order valence-electron chi connectivity index (χ3n) is 6.69. The number of carbonyl (C=O) groups excluding carboxylic acids is 3. The lowest BCUT2D eigenvalue weighted by molar-refractivity contribution is -0.141. The van der Waals surface area contributed by atoms with Gasteiger partial charge in [-0.15, -0.1) is 0 Å². The van der Waals surface area contributed by atoms with E-state index in [4.69, 9.17) is 10.5 Å². The molecule has 1 aromatic carbocycles. The Morgan fingerprint density at radius 3 is 2.54 bits per heavy atom. The Morgan fingerprint density at radius 1 is 1.11 bits per heavy atom. The van der Waals surface area contributed by atoms with E-state index in [1.807, 2.05) is 36.4 Å². The van der Waals surface area contributed by atoms with Gasteiger partial charge in [-0.05, 0) is 50.1 Å². The predicted molar refractivity (Wildman–Crippen MR) is 142 cm³/mol. The Hall–Kier alpha value is -3.66.